The maximum absolute atomic E-state index is 12.0. The zero-order valence-electron chi connectivity index (χ0n) is 11.8. The molecule has 1 aromatic heterocycles. The second-order valence-electron chi connectivity index (χ2n) is 4.17. The number of hydrogen-bond donors (Lipinski definition) is 1. The summed E-state index contributed by atoms with van der Waals surface area (Å²) in [6.07, 6.45) is 0. The average molecular weight is 327 g/mol. The summed E-state index contributed by atoms with van der Waals surface area (Å²) >= 11 is 1.19. The fraction of sp³-hybridized carbons (Fsp3) is 0.286. The fourth-order valence-electron chi connectivity index (χ4n) is 1.77. The summed E-state index contributed by atoms with van der Waals surface area (Å²) < 4.78 is 37.6. The van der Waals surface area contributed by atoms with Crippen LogP contribution in [0.4, 0.5) is 0 Å². The Morgan fingerprint density at radius 3 is 2.67 bits per heavy atom. The largest absolute Gasteiger partial charge is 0.493 e. The lowest BCUT2D eigenvalue weighted by Crippen LogP contribution is -2.22. The third-order valence-electron chi connectivity index (χ3n) is 2.75. The second kappa shape index (κ2) is 6.93. The molecular formula is C14H17NO4S2. The van der Waals surface area contributed by atoms with Gasteiger partial charge in [0, 0.05) is 6.54 Å². The van der Waals surface area contributed by atoms with Gasteiger partial charge < -0.3 is 9.47 Å². The smallest absolute Gasteiger partial charge is 0.250 e. The Hall–Kier alpha value is -1.57. The molecule has 0 radical (unpaired) electrons. The maximum Gasteiger partial charge on any atom is 0.250 e. The van der Waals surface area contributed by atoms with Crippen molar-refractivity contribution in [3.8, 4) is 11.5 Å². The van der Waals surface area contributed by atoms with Gasteiger partial charge in [0.05, 0.1) is 13.7 Å². The van der Waals surface area contributed by atoms with Crippen LogP contribution < -0.4 is 14.2 Å². The van der Waals surface area contributed by atoms with Crippen molar-refractivity contribution in [2.24, 2.45) is 0 Å². The fourth-order valence-corrected chi connectivity index (χ4v) is 3.82. The highest BCUT2D eigenvalue weighted by Gasteiger charge is 2.15. The first-order valence-corrected chi connectivity index (χ1v) is 8.76. The Balaban J connectivity index is 2.12. The van der Waals surface area contributed by atoms with Crippen LogP contribution in [0.3, 0.4) is 0 Å². The molecule has 5 nitrogen and oxygen atoms in total. The molecule has 1 heterocycles. The number of rotatable bonds is 7. The molecular weight excluding hydrogens is 310 g/mol. The van der Waals surface area contributed by atoms with Crippen LogP contribution in [0, 0.1) is 0 Å². The molecule has 1 N–H and O–H groups in total. The molecule has 2 aromatic rings. The molecule has 114 valence electrons. The Kier molecular flexibility index (Phi) is 5.22. The molecule has 0 fully saturated rings. The Morgan fingerprint density at radius 1 is 1.24 bits per heavy atom. The monoisotopic (exact) mass is 327 g/mol. The van der Waals surface area contributed by atoms with Crippen molar-refractivity contribution in [2.75, 3.05) is 13.7 Å². The minimum absolute atomic E-state index is 0.199. The second-order valence-corrected chi connectivity index (χ2v) is 7.12. The van der Waals surface area contributed by atoms with Crippen LogP contribution in [0.2, 0.25) is 0 Å². The molecule has 0 aliphatic rings. The summed E-state index contributed by atoms with van der Waals surface area (Å²) in [4.78, 5) is 0. The molecule has 0 spiro atoms. The van der Waals surface area contributed by atoms with E-state index < -0.39 is 10.0 Å². The predicted molar refractivity (Wildman–Crippen MR) is 82.5 cm³/mol. The molecule has 0 amide bonds. The molecule has 0 atom stereocenters. The topological polar surface area (TPSA) is 64.6 Å². The van der Waals surface area contributed by atoms with Crippen LogP contribution in [0.25, 0.3) is 0 Å². The van der Waals surface area contributed by atoms with Crippen molar-refractivity contribution in [3.05, 3.63) is 41.3 Å². The first-order valence-electron chi connectivity index (χ1n) is 6.39. The van der Waals surface area contributed by atoms with Gasteiger partial charge in [-0.15, -0.1) is 11.3 Å². The van der Waals surface area contributed by atoms with Crippen molar-refractivity contribution in [2.45, 2.75) is 17.7 Å². The highest BCUT2D eigenvalue weighted by molar-refractivity contribution is 7.91. The molecule has 0 saturated carbocycles. The number of hydrogen-bond acceptors (Lipinski definition) is 5. The van der Waals surface area contributed by atoms with E-state index in [0.29, 0.717) is 22.3 Å². The van der Waals surface area contributed by atoms with Gasteiger partial charge in [-0.2, -0.15) is 0 Å². The normalized spacial score (nSPS) is 11.3. The Labute approximate surface area is 128 Å². The van der Waals surface area contributed by atoms with Crippen molar-refractivity contribution in [1.29, 1.82) is 0 Å². The van der Waals surface area contributed by atoms with Gasteiger partial charge in [-0.3, -0.25) is 0 Å². The number of nitrogens with one attached hydrogen (secondary N) is 1. The quantitative estimate of drug-likeness (QED) is 0.849. The van der Waals surface area contributed by atoms with E-state index in [1.54, 1.807) is 42.8 Å². The standard InChI is InChI=1S/C14H17NO4S2/c1-3-19-13-9-11(6-7-12(13)18-2)10-15-21(16,17)14-5-4-8-20-14/h4-9,15H,3,10H2,1-2H3. The number of sulfonamides is 1. The highest BCUT2D eigenvalue weighted by Crippen LogP contribution is 2.28. The van der Waals surface area contributed by atoms with Gasteiger partial charge in [-0.25, -0.2) is 13.1 Å². The summed E-state index contributed by atoms with van der Waals surface area (Å²) in [5, 5.41) is 1.73. The van der Waals surface area contributed by atoms with Crippen molar-refractivity contribution >= 4 is 21.4 Å². The van der Waals surface area contributed by atoms with Crippen molar-refractivity contribution < 1.29 is 17.9 Å². The number of benzene rings is 1. The highest BCUT2D eigenvalue weighted by atomic mass is 32.2. The Morgan fingerprint density at radius 2 is 2.05 bits per heavy atom. The van der Waals surface area contributed by atoms with Gasteiger partial charge in [-0.1, -0.05) is 12.1 Å². The van der Waals surface area contributed by atoms with Gasteiger partial charge in [0.1, 0.15) is 4.21 Å². The molecule has 0 saturated heterocycles. The predicted octanol–water partition coefficient (Wildman–Crippen LogP) is 2.63. The molecule has 0 bridgehead atoms. The third kappa shape index (κ3) is 3.96. The number of thiophene rings is 1. The van der Waals surface area contributed by atoms with Crippen LogP contribution in [0.5, 0.6) is 11.5 Å². The van der Waals surface area contributed by atoms with Crippen LogP contribution in [0.15, 0.2) is 39.9 Å². The summed E-state index contributed by atoms with van der Waals surface area (Å²) in [6, 6.07) is 8.63. The minimum Gasteiger partial charge on any atom is -0.493 e. The van der Waals surface area contributed by atoms with E-state index in [2.05, 4.69) is 4.72 Å². The molecule has 21 heavy (non-hydrogen) atoms. The van der Waals surface area contributed by atoms with E-state index in [0.717, 1.165) is 5.56 Å². The van der Waals surface area contributed by atoms with Crippen LogP contribution in [0.1, 0.15) is 12.5 Å². The van der Waals surface area contributed by atoms with Crippen LogP contribution in [-0.4, -0.2) is 22.1 Å². The summed E-state index contributed by atoms with van der Waals surface area (Å²) in [5.74, 6) is 1.23. The number of ether oxygens (including phenoxy) is 2. The molecule has 7 heteroatoms. The summed E-state index contributed by atoms with van der Waals surface area (Å²) in [7, 11) is -1.89. The first-order chi connectivity index (χ1) is 10.1. The lowest BCUT2D eigenvalue weighted by Gasteiger charge is -2.11. The van der Waals surface area contributed by atoms with Gasteiger partial charge in [-0.05, 0) is 36.1 Å². The van der Waals surface area contributed by atoms with E-state index in [1.165, 1.54) is 11.3 Å². The van der Waals surface area contributed by atoms with E-state index in [4.69, 9.17) is 9.47 Å². The van der Waals surface area contributed by atoms with E-state index in [1.807, 2.05) is 6.92 Å². The van der Waals surface area contributed by atoms with E-state index in [9.17, 15) is 8.42 Å². The van der Waals surface area contributed by atoms with Crippen LogP contribution in [-0.2, 0) is 16.6 Å². The van der Waals surface area contributed by atoms with Gasteiger partial charge in [0.25, 0.3) is 0 Å². The lowest BCUT2D eigenvalue weighted by molar-refractivity contribution is 0.310. The van der Waals surface area contributed by atoms with Gasteiger partial charge in [0.15, 0.2) is 11.5 Å². The molecule has 0 aliphatic heterocycles. The number of methoxy groups -OCH3 is 1. The van der Waals surface area contributed by atoms with Gasteiger partial charge in [0.2, 0.25) is 10.0 Å². The van der Waals surface area contributed by atoms with Crippen molar-refractivity contribution in [3.63, 3.8) is 0 Å². The molecule has 2 rings (SSSR count). The molecule has 0 unspecified atom stereocenters. The third-order valence-corrected chi connectivity index (χ3v) is 5.55. The minimum atomic E-state index is -3.46. The van der Waals surface area contributed by atoms with Crippen molar-refractivity contribution in [1.82, 2.24) is 4.72 Å². The Bertz CT molecular complexity index is 681. The lowest BCUT2D eigenvalue weighted by atomic mass is 10.2. The maximum atomic E-state index is 12.0. The van der Waals surface area contributed by atoms with Crippen LogP contribution >= 0.6 is 11.3 Å². The van der Waals surface area contributed by atoms with E-state index in [-0.39, 0.29) is 6.54 Å². The summed E-state index contributed by atoms with van der Waals surface area (Å²) in [6.45, 7) is 2.59. The van der Waals surface area contributed by atoms with Gasteiger partial charge >= 0.3 is 0 Å². The average Bonchev–Trinajstić information content (AvgIpc) is 3.01. The zero-order valence-corrected chi connectivity index (χ0v) is 13.5. The van der Waals surface area contributed by atoms with E-state index >= 15 is 0 Å². The molecule has 0 aliphatic carbocycles. The SMILES string of the molecule is CCOc1cc(CNS(=O)(=O)c2cccs2)ccc1OC. The zero-order chi connectivity index (χ0) is 15.3. The summed E-state index contributed by atoms with van der Waals surface area (Å²) in [5.41, 5.74) is 0.805. The molecule has 1 aromatic carbocycles. The first kappa shape index (κ1) is 15.8.